The predicted octanol–water partition coefficient (Wildman–Crippen LogP) is 4.72. The normalized spacial score (nSPS) is 17.5. The minimum atomic E-state index is -1.74. The topological polar surface area (TPSA) is 468 Å². The maximum atomic E-state index is 14.9. The van der Waals surface area contributed by atoms with Crippen molar-refractivity contribution in [3.63, 3.8) is 0 Å². The summed E-state index contributed by atoms with van der Waals surface area (Å²) in [5.74, 6) is -7.94. The van der Waals surface area contributed by atoms with Crippen molar-refractivity contribution in [2.24, 2.45) is 35.0 Å². The average Bonchev–Trinajstić information content (AvgIpc) is 1.60. The summed E-state index contributed by atoms with van der Waals surface area (Å²) in [6, 6.07) is -7.45. The molecule has 0 radical (unpaired) electrons. The fourth-order valence-corrected chi connectivity index (χ4v) is 16.1. The zero-order chi connectivity index (χ0) is 78.8. The number of amides is 13. The number of aliphatic hydroxyl groups excluding tert-OH is 1. The average molecular weight is 1740 g/mol. The van der Waals surface area contributed by atoms with Gasteiger partial charge in [0.05, 0.1) is 31.9 Å². The molecule has 0 spiro atoms. The first-order valence-corrected chi connectivity index (χ1v) is 41.8. The number of carbonyl (C=O) groups excluding carboxylic acids is 12. The van der Waals surface area contributed by atoms with Crippen LogP contribution in [0.2, 0.25) is 0 Å². The molecule has 2 unspecified atom stereocenters. The van der Waals surface area contributed by atoms with Gasteiger partial charge < -0.3 is 91.2 Å². The van der Waals surface area contributed by atoms with E-state index in [1.54, 1.807) is 32.9 Å². The molecule has 1 aromatic carbocycles. The van der Waals surface area contributed by atoms with Crippen molar-refractivity contribution in [3.05, 3.63) is 24.8 Å². The van der Waals surface area contributed by atoms with Gasteiger partial charge in [0.1, 0.15) is 54.1 Å². The van der Waals surface area contributed by atoms with E-state index < -0.39 is 119 Å². The fraction of sp³-hybridized carbons (Fsp3) is 0.757. The van der Waals surface area contributed by atoms with Crippen LogP contribution in [0.4, 0.5) is 4.79 Å². The van der Waals surface area contributed by atoms with Crippen LogP contribution in [0.25, 0.3) is 0 Å². The number of aromatic hydroxyl groups is 1. The van der Waals surface area contributed by atoms with E-state index in [1.165, 1.54) is 51.9 Å². The number of rotatable bonds is 56. The molecule has 2 aliphatic heterocycles. The van der Waals surface area contributed by atoms with Gasteiger partial charge in [-0.1, -0.05) is 126 Å². The summed E-state index contributed by atoms with van der Waals surface area (Å²) >= 11 is 5.65. The monoisotopic (exact) mass is 1740 g/mol. The molecule has 2 aliphatic rings. The van der Waals surface area contributed by atoms with Gasteiger partial charge in [-0.25, -0.2) is 4.79 Å². The zero-order valence-electron chi connectivity index (χ0n) is 63.8. The van der Waals surface area contributed by atoms with Crippen LogP contribution in [0.15, 0.2) is 12.1 Å². The molecule has 1 aromatic rings. The van der Waals surface area contributed by atoms with Crippen molar-refractivity contribution in [1.29, 1.82) is 0 Å². The molecular formula is C74H127I2N15O14S. The molecule has 3 rings (SSSR count). The number of nitrogens with two attached hydrogens (primary N) is 3. The number of thioether (sulfide) groups is 1. The van der Waals surface area contributed by atoms with E-state index in [1.807, 2.05) is 77.7 Å². The van der Waals surface area contributed by atoms with Crippen molar-refractivity contribution in [2.45, 2.75) is 307 Å². The van der Waals surface area contributed by atoms with Gasteiger partial charge >= 0.3 is 6.03 Å². The van der Waals surface area contributed by atoms with Crippen LogP contribution in [0.3, 0.4) is 0 Å². The number of phenols is 1. The van der Waals surface area contributed by atoms with Crippen molar-refractivity contribution in [1.82, 2.24) is 63.8 Å². The summed E-state index contributed by atoms with van der Waals surface area (Å²) < 4.78 is 0.828. The molecule has 0 aromatic heterocycles. The number of hydrogen-bond donors (Lipinski definition) is 17. The van der Waals surface area contributed by atoms with Crippen LogP contribution >= 0.6 is 56.9 Å². The Kier molecular flexibility index (Phi) is 46.5. The van der Waals surface area contributed by atoms with Gasteiger partial charge in [-0.05, 0) is 184 Å². The number of halogens is 2. The second-order valence-electron chi connectivity index (χ2n) is 29.2. The summed E-state index contributed by atoms with van der Waals surface area (Å²) in [5.41, 5.74) is 18.0. The molecule has 0 bridgehead atoms. The van der Waals surface area contributed by atoms with Crippen molar-refractivity contribution in [2.75, 3.05) is 31.9 Å². The lowest BCUT2D eigenvalue weighted by Gasteiger charge is -2.30. The number of fused-ring (bicyclic) bond motifs is 1. The van der Waals surface area contributed by atoms with Crippen LogP contribution in [0.5, 0.6) is 5.75 Å². The van der Waals surface area contributed by atoms with E-state index in [-0.39, 0.29) is 99.8 Å². The Morgan fingerprint density at radius 3 is 1.56 bits per heavy atom. The van der Waals surface area contributed by atoms with Crippen molar-refractivity contribution >= 4 is 128 Å². The van der Waals surface area contributed by atoms with Crippen molar-refractivity contribution < 1.29 is 67.7 Å². The molecule has 2 saturated heterocycles. The first kappa shape index (κ1) is 94.4. The number of carbonyl (C=O) groups is 12. The lowest BCUT2D eigenvalue weighted by molar-refractivity contribution is -0.137. The summed E-state index contributed by atoms with van der Waals surface area (Å²) in [4.78, 5) is 165. The second kappa shape index (κ2) is 52.3. The molecule has 13 amide bonds. The van der Waals surface area contributed by atoms with Gasteiger partial charge in [-0.3, -0.25) is 52.7 Å². The van der Waals surface area contributed by atoms with Crippen LogP contribution in [0, 0.1) is 24.9 Å². The summed E-state index contributed by atoms with van der Waals surface area (Å²) in [7, 11) is 0. The number of nitrogens with one attached hydrogen (secondary N) is 12. The number of primary amides is 1. The Balaban J connectivity index is 1.76. The van der Waals surface area contributed by atoms with E-state index in [4.69, 9.17) is 17.2 Å². The van der Waals surface area contributed by atoms with E-state index >= 15 is 0 Å². The molecule has 106 heavy (non-hydrogen) atoms. The predicted molar refractivity (Wildman–Crippen MR) is 428 cm³/mol. The molecule has 32 heteroatoms. The highest BCUT2D eigenvalue weighted by Crippen LogP contribution is 2.33. The van der Waals surface area contributed by atoms with E-state index in [9.17, 15) is 67.7 Å². The second-order valence-corrected chi connectivity index (χ2v) is 32.8. The minimum Gasteiger partial charge on any atom is -0.506 e. The standard InChI is InChI=1S/C74H127I2N15O14S/c1-9-11-12-13-14-15-16-17-18-19-20-33-59(94)81-42-60(95)82-54(38-44(3)4)70(101)88-61(45(5)6)71(102)90-63(47(8)92)73(104)86-55(41-48-39-49(75)65(96)50(76)40-48)69(100)85-52(30-23-26-35-77)67(98)84-53(31-24-27-36-78)68(99)89-62(46(7)10-2)72(103)83-51(66(79)97)29-25-28-37-80-58(93)34-22-21-32-57-64-56(43-106-57)87-74(105)91-64/h39-40,44-47,51-57,61-64,92,96H,9-38,41-43,77-78H2,1-8H3,(H2,79,97)(H,80,93)(H,81,94)(H,82,95)(H,83,103)(H,84,98)(H,85,100)(H,86,104)(H,88,101)(H,89,99)(H,90,102)(H2,87,91,105)/t46-,47+,51-,52+,53+,54-,55-,56?,57-,61-,62-,63-,64?/m0/s1. The lowest BCUT2D eigenvalue weighted by atomic mass is 9.96. The number of phenolic OH excluding ortho intramolecular Hbond substituents is 1. The Morgan fingerprint density at radius 2 is 1.01 bits per heavy atom. The molecular weight excluding hydrogens is 1610 g/mol. The highest BCUT2D eigenvalue weighted by atomic mass is 127. The molecule has 602 valence electrons. The molecule has 0 saturated carbocycles. The zero-order valence-corrected chi connectivity index (χ0v) is 69.0. The van der Waals surface area contributed by atoms with Gasteiger partial charge in [0.25, 0.3) is 0 Å². The Hall–Kier alpha value is -5.85. The molecule has 20 N–H and O–H groups in total. The molecule has 2 heterocycles. The summed E-state index contributed by atoms with van der Waals surface area (Å²) in [6.07, 6.45) is 16.8. The summed E-state index contributed by atoms with van der Waals surface area (Å²) in [5, 5.41) is 55.4. The maximum Gasteiger partial charge on any atom is 0.315 e. The third-order valence-corrected chi connectivity index (χ3v) is 22.4. The number of benzene rings is 1. The maximum absolute atomic E-state index is 14.9. The first-order chi connectivity index (χ1) is 50.4. The number of unbranched alkanes of at least 4 members (excludes halogenated alkanes) is 14. The van der Waals surface area contributed by atoms with Gasteiger partial charge in [-0.15, -0.1) is 0 Å². The Bertz CT molecular complexity index is 2930. The van der Waals surface area contributed by atoms with Gasteiger partial charge in [0, 0.05) is 36.8 Å². The summed E-state index contributed by atoms with van der Waals surface area (Å²) in [6.45, 7) is 14.4. The number of aliphatic hydroxyl groups is 1. The smallest absolute Gasteiger partial charge is 0.315 e. The third kappa shape index (κ3) is 36.1. The largest absolute Gasteiger partial charge is 0.506 e. The van der Waals surface area contributed by atoms with Crippen LogP contribution in [0.1, 0.15) is 234 Å². The quantitative estimate of drug-likeness (QED) is 0.0238. The molecule has 13 atom stereocenters. The molecule has 0 aliphatic carbocycles. The van der Waals surface area contributed by atoms with Crippen LogP contribution in [-0.2, 0) is 59.2 Å². The van der Waals surface area contributed by atoms with E-state index in [2.05, 4.69) is 70.7 Å². The van der Waals surface area contributed by atoms with E-state index in [0.29, 0.717) is 88.7 Å². The fourth-order valence-electron chi connectivity index (χ4n) is 12.7. The first-order valence-electron chi connectivity index (χ1n) is 38.6. The number of hydrogen-bond acceptors (Lipinski definition) is 17. The van der Waals surface area contributed by atoms with Gasteiger partial charge in [0.15, 0.2) is 0 Å². The van der Waals surface area contributed by atoms with Crippen LogP contribution < -0.4 is 81.0 Å². The highest BCUT2D eigenvalue weighted by molar-refractivity contribution is 14.1. The molecule has 29 nitrogen and oxygen atoms in total. The number of urea groups is 1. The Morgan fingerprint density at radius 1 is 0.538 bits per heavy atom. The third-order valence-electron chi connectivity index (χ3n) is 19.2. The SMILES string of the molecule is CCCCCCCCCCCCCC(=O)NCC(=O)N[C@@H](CC(C)C)C(=O)N[C@H](C(=O)N[C@H](C(=O)N[C@@H](Cc1cc(I)c(O)c(I)c1)C(=O)N[C@H](CCCCN)C(=O)N[C@H](CCCCN)C(=O)N[C@H](C(=O)N[C@@H](CCCCNC(=O)CCCC[C@@H]1SCC2NC(=O)NC21)C(N)=O)[C@@H](C)CC)[C@@H](C)O)C(C)C. The molecule has 2 fully saturated rings. The lowest BCUT2D eigenvalue weighted by Crippen LogP contribution is -2.62. The Labute approximate surface area is 659 Å². The highest BCUT2D eigenvalue weighted by Gasteiger charge is 2.43. The van der Waals surface area contributed by atoms with Crippen LogP contribution in [-0.4, -0.2) is 185 Å². The van der Waals surface area contributed by atoms with Crippen molar-refractivity contribution in [3.8, 4) is 5.75 Å². The van der Waals surface area contributed by atoms with Gasteiger partial charge in [0.2, 0.25) is 65.0 Å². The van der Waals surface area contributed by atoms with E-state index in [0.717, 1.165) is 37.9 Å². The minimum absolute atomic E-state index is 0.00467. The van der Waals surface area contributed by atoms with Gasteiger partial charge in [-0.2, -0.15) is 11.8 Å².